The molecule has 0 spiro atoms. The second-order valence-corrected chi connectivity index (χ2v) is 6.71. The highest BCUT2D eigenvalue weighted by molar-refractivity contribution is 6.24. The normalized spacial score (nSPS) is 12.1. The maximum absolute atomic E-state index is 13.6. The number of rotatable bonds is 10. The molecule has 0 aliphatic carbocycles. The number of carbonyl (C=O) groups excluding carboxylic acids is 1. The maximum Gasteiger partial charge on any atom is 0.387 e. The fraction of sp³-hybridized carbons (Fsp3) is 0.273. The number of ether oxygens (including phenoxy) is 2. The Bertz CT molecular complexity index is 987. The van der Waals surface area contributed by atoms with Crippen LogP contribution in [0.2, 0.25) is 0 Å². The fourth-order valence-electron chi connectivity index (χ4n) is 2.67. The number of anilines is 2. The van der Waals surface area contributed by atoms with E-state index in [9.17, 15) is 22.4 Å². The van der Waals surface area contributed by atoms with Crippen molar-refractivity contribution in [2.45, 2.75) is 33.3 Å². The molecule has 0 heterocycles. The van der Waals surface area contributed by atoms with Crippen molar-refractivity contribution in [2.75, 3.05) is 17.2 Å². The van der Waals surface area contributed by atoms with Gasteiger partial charge in [-0.05, 0) is 50.2 Å². The summed E-state index contributed by atoms with van der Waals surface area (Å²) in [6.07, 6.45) is 0. The van der Waals surface area contributed by atoms with Crippen LogP contribution in [0.1, 0.15) is 26.3 Å². The molecule has 3 N–H and O–H groups in total. The quantitative estimate of drug-likeness (QED) is 0.185. The molecular weight excluding hydrogens is 430 g/mol. The average molecular weight is 453 g/mol. The van der Waals surface area contributed by atoms with E-state index in [4.69, 9.17) is 10.1 Å². The molecule has 0 saturated heterocycles. The summed E-state index contributed by atoms with van der Waals surface area (Å²) >= 11 is 0. The van der Waals surface area contributed by atoms with Gasteiger partial charge in [0.1, 0.15) is 11.3 Å². The van der Waals surface area contributed by atoms with Crippen molar-refractivity contribution in [2.24, 2.45) is 0 Å². The first-order chi connectivity index (χ1) is 15.0. The zero-order valence-electron chi connectivity index (χ0n) is 17.6. The van der Waals surface area contributed by atoms with E-state index in [2.05, 4.69) is 15.4 Å². The minimum absolute atomic E-state index is 0.0544. The van der Waals surface area contributed by atoms with Gasteiger partial charge in [0.05, 0.1) is 6.61 Å². The van der Waals surface area contributed by atoms with E-state index in [-0.39, 0.29) is 40.8 Å². The van der Waals surface area contributed by atoms with E-state index in [0.717, 1.165) is 13.0 Å². The lowest BCUT2D eigenvalue weighted by molar-refractivity contribution is -0.112. The van der Waals surface area contributed by atoms with Gasteiger partial charge in [-0.2, -0.15) is 8.78 Å². The van der Waals surface area contributed by atoms with E-state index in [0.29, 0.717) is 5.69 Å². The van der Waals surface area contributed by atoms with Crippen molar-refractivity contribution >= 4 is 23.0 Å². The largest absolute Gasteiger partial charge is 0.479 e. The SMILES string of the molecule is CCO/C(Nc1ccc(OC(F)F)cc1)=C(/C(C)=N)C(=O)Nc1cccc(C(C)(F)F)c1. The van der Waals surface area contributed by atoms with Crippen LogP contribution in [0.25, 0.3) is 0 Å². The van der Waals surface area contributed by atoms with E-state index >= 15 is 0 Å². The lowest BCUT2D eigenvalue weighted by atomic mass is 10.1. The number of alkyl halides is 4. The van der Waals surface area contributed by atoms with Crippen LogP contribution in [0.3, 0.4) is 0 Å². The van der Waals surface area contributed by atoms with E-state index < -0.39 is 18.4 Å². The fourth-order valence-corrected chi connectivity index (χ4v) is 2.67. The van der Waals surface area contributed by atoms with Gasteiger partial charge in [0, 0.05) is 29.6 Å². The number of hydrogen-bond donors (Lipinski definition) is 3. The predicted molar refractivity (Wildman–Crippen MR) is 113 cm³/mol. The molecule has 2 aromatic rings. The Kier molecular flexibility index (Phi) is 8.22. The van der Waals surface area contributed by atoms with Gasteiger partial charge in [-0.1, -0.05) is 12.1 Å². The molecule has 0 saturated carbocycles. The molecule has 2 rings (SSSR count). The topological polar surface area (TPSA) is 83.4 Å². The van der Waals surface area contributed by atoms with E-state index in [1.54, 1.807) is 6.92 Å². The summed E-state index contributed by atoms with van der Waals surface area (Å²) < 4.78 is 61.6. The van der Waals surface area contributed by atoms with E-state index in [1.807, 2.05) is 0 Å². The Morgan fingerprint density at radius 3 is 2.28 bits per heavy atom. The van der Waals surface area contributed by atoms with Crippen LogP contribution >= 0.6 is 0 Å². The standard InChI is InChI=1S/C22H23F4N3O3/c1-4-31-20(29-15-8-10-17(11-9-15)32-21(23)24)18(13(2)27)19(30)28-16-7-5-6-14(12-16)22(3,25)26/h5-12,21,27,29H,4H2,1-3H3,(H,28,30)/b20-18-,27-13?. The summed E-state index contributed by atoms with van der Waals surface area (Å²) in [6.45, 7) is 0.968. The minimum atomic E-state index is -3.09. The summed E-state index contributed by atoms with van der Waals surface area (Å²) in [4.78, 5) is 12.9. The molecule has 0 bridgehead atoms. The first-order valence-electron chi connectivity index (χ1n) is 9.55. The van der Waals surface area contributed by atoms with Crippen LogP contribution in [0.5, 0.6) is 5.75 Å². The summed E-state index contributed by atoms with van der Waals surface area (Å²) in [5, 5.41) is 13.3. The molecule has 172 valence electrons. The Morgan fingerprint density at radius 2 is 1.75 bits per heavy atom. The van der Waals surface area contributed by atoms with Gasteiger partial charge in [0.2, 0.25) is 5.88 Å². The van der Waals surface area contributed by atoms with Crippen molar-refractivity contribution in [1.82, 2.24) is 0 Å². The third-order valence-electron chi connectivity index (χ3n) is 4.08. The van der Waals surface area contributed by atoms with Gasteiger partial charge in [0.25, 0.3) is 11.8 Å². The molecule has 0 unspecified atom stereocenters. The van der Waals surface area contributed by atoms with Gasteiger partial charge in [-0.3, -0.25) is 4.79 Å². The second kappa shape index (κ2) is 10.7. The van der Waals surface area contributed by atoms with Gasteiger partial charge >= 0.3 is 6.61 Å². The molecule has 10 heteroatoms. The third kappa shape index (κ3) is 7.00. The molecule has 1 amide bonds. The third-order valence-corrected chi connectivity index (χ3v) is 4.08. The highest BCUT2D eigenvalue weighted by Gasteiger charge is 2.25. The van der Waals surface area contributed by atoms with Crippen LogP contribution in [0.15, 0.2) is 60.0 Å². The Hall–Kier alpha value is -3.56. The van der Waals surface area contributed by atoms with Crippen LogP contribution < -0.4 is 15.4 Å². The van der Waals surface area contributed by atoms with Crippen molar-refractivity contribution in [3.63, 3.8) is 0 Å². The van der Waals surface area contributed by atoms with Gasteiger partial charge in [-0.15, -0.1) is 0 Å². The first-order valence-corrected chi connectivity index (χ1v) is 9.55. The van der Waals surface area contributed by atoms with Crippen molar-refractivity contribution in [1.29, 1.82) is 5.41 Å². The summed E-state index contributed by atoms with van der Waals surface area (Å²) in [5.74, 6) is -3.95. The molecule has 0 aromatic heterocycles. The molecule has 6 nitrogen and oxygen atoms in total. The summed E-state index contributed by atoms with van der Waals surface area (Å²) in [6, 6.07) is 10.7. The Labute approximate surface area is 182 Å². The smallest absolute Gasteiger partial charge is 0.387 e. The predicted octanol–water partition coefficient (Wildman–Crippen LogP) is 5.74. The molecule has 32 heavy (non-hydrogen) atoms. The number of amides is 1. The molecule has 0 aliphatic rings. The summed E-state index contributed by atoms with van der Waals surface area (Å²) in [5.41, 5.74) is -0.0745. The zero-order valence-corrected chi connectivity index (χ0v) is 17.6. The number of carbonyl (C=O) groups is 1. The van der Waals surface area contributed by atoms with Gasteiger partial charge < -0.3 is 25.5 Å². The van der Waals surface area contributed by atoms with Crippen LogP contribution in [0.4, 0.5) is 28.9 Å². The van der Waals surface area contributed by atoms with Crippen molar-refractivity contribution in [3.05, 3.63) is 65.6 Å². The highest BCUT2D eigenvalue weighted by Crippen LogP contribution is 2.29. The lowest BCUT2D eigenvalue weighted by Crippen LogP contribution is -2.24. The molecule has 0 fully saturated rings. The molecule has 0 radical (unpaired) electrons. The lowest BCUT2D eigenvalue weighted by Gasteiger charge is -2.18. The highest BCUT2D eigenvalue weighted by atomic mass is 19.3. The zero-order chi connectivity index (χ0) is 23.9. The van der Waals surface area contributed by atoms with Crippen LogP contribution in [-0.4, -0.2) is 24.8 Å². The van der Waals surface area contributed by atoms with Crippen LogP contribution in [-0.2, 0) is 15.5 Å². The Balaban J connectivity index is 2.32. The Morgan fingerprint density at radius 1 is 1.09 bits per heavy atom. The molecule has 0 aliphatic heterocycles. The summed E-state index contributed by atoms with van der Waals surface area (Å²) in [7, 11) is 0. The molecular formula is C22H23F4N3O3. The number of halogens is 4. The number of benzene rings is 2. The minimum Gasteiger partial charge on any atom is -0.479 e. The maximum atomic E-state index is 13.6. The van der Waals surface area contributed by atoms with Gasteiger partial charge in [-0.25, -0.2) is 8.78 Å². The van der Waals surface area contributed by atoms with Crippen molar-refractivity contribution in [3.8, 4) is 5.75 Å². The van der Waals surface area contributed by atoms with Crippen LogP contribution in [0, 0.1) is 5.41 Å². The second-order valence-electron chi connectivity index (χ2n) is 6.71. The average Bonchev–Trinajstić information content (AvgIpc) is 2.68. The number of nitrogens with one attached hydrogen (secondary N) is 3. The number of hydrogen-bond acceptors (Lipinski definition) is 5. The monoisotopic (exact) mass is 453 g/mol. The van der Waals surface area contributed by atoms with Crippen molar-refractivity contribution < 1.29 is 31.8 Å². The first kappa shape index (κ1) is 24.7. The van der Waals surface area contributed by atoms with E-state index in [1.165, 1.54) is 49.4 Å². The molecule has 2 aromatic carbocycles. The van der Waals surface area contributed by atoms with Gasteiger partial charge in [0.15, 0.2) is 0 Å². The molecule has 0 atom stereocenters.